The van der Waals surface area contributed by atoms with Crippen molar-refractivity contribution in [1.82, 2.24) is 10.6 Å². The second kappa shape index (κ2) is 15.0. The predicted octanol–water partition coefficient (Wildman–Crippen LogP) is -0.529. The van der Waals surface area contributed by atoms with Gasteiger partial charge in [0.15, 0.2) is 0 Å². The SMILES string of the molecule is CC(=O)CC[C@H](NC(=O)N[C@H]([C-]=O)CC[C-]=O)C(=O)O.[Mo].[Mo]. The molecule has 124 valence electrons. The first kappa shape index (κ1) is 26.0. The number of aliphatic carboxylic acids is 1. The summed E-state index contributed by atoms with van der Waals surface area (Å²) >= 11 is 0. The molecule has 0 rings (SSSR count). The Morgan fingerprint density at radius 3 is 2.09 bits per heavy atom. The molecule has 2 atom stereocenters. The molecule has 0 saturated heterocycles. The third-order valence-electron chi connectivity index (χ3n) is 2.37. The van der Waals surface area contributed by atoms with E-state index < -0.39 is 24.1 Å². The number of hydrogen-bond acceptors (Lipinski definition) is 5. The zero-order chi connectivity index (χ0) is 15.5. The number of carboxylic acid groups (broad SMARTS) is 1. The minimum Gasteiger partial charge on any atom is -0.542 e. The van der Waals surface area contributed by atoms with Gasteiger partial charge >= 0.3 is 12.0 Å². The van der Waals surface area contributed by atoms with Crippen LogP contribution in [0.2, 0.25) is 0 Å². The molecule has 0 aromatic carbocycles. The first-order chi connectivity index (χ1) is 9.40. The Morgan fingerprint density at radius 2 is 1.68 bits per heavy atom. The molecule has 3 N–H and O–H groups in total. The fourth-order valence-electron chi connectivity index (χ4n) is 1.33. The Morgan fingerprint density at radius 1 is 1.09 bits per heavy atom. The van der Waals surface area contributed by atoms with Crippen molar-refractivity contribution in [1.29, 1.82) is 0 Å². The third-order valence-corrected chi connectivity index (χ3v) is 2.37. The van der Waals surface area contributed by atoms with Crippen LogP contribution < -0.4 is 10.6 Å². The summed E-state index contributed by atoms with van der Waals surface area (Å²) < 4.78 is 0. The molecular formula is C12H16Mo2N2O6-2. The van der Waals surface area contributed by atoms with Gasteiger partial charge in [0, 0.05) is 48.6 Å². The molecule has 0 spiro atoms. The molecule has 0 saturated carbocycles. The van der Waals surface area contributed by atoms with E-state index in [1.165, 1.54) is 13.2 Å². The molecule has 0 aromatic rings. The van der Waals surface area contributed by atoms with Crippen LogP contribution in [0.15, 0.2) is 0 Å². The van der Waals surface area contributed by atoms with E-state index in [1.54, 1.807) is 6.29 Å². The molecule has 0 heterocycles. The minimum absolute atomic E-state index is 0. The fourth-order valence-corrected chi connectivity index (χ4v) is 1.33. The molecule has 22 heavy (non-hydrogen) atoms. The number of carboxylic acids is 1. The topological polar surface area (TPSA) is 130 Å². The van der Waals surface area contributed by atoms with E-state index in [2.05, 4.69) is 10.6 Å². The number of nitrogens with one attached hydrogen (secondary N) is 2. The van der Waals surface area contributed by atoms with Crippen LogP contribution in [0, 0.1) is 0 Å². The van der Waals surface area contributed by atoms with Gasteiger partial charge in [-0.25, -0.2) is 15.9 Å². The van der Waals surface area contributed by atoms with Crippen LogP contribution in [0.4, 0.5) is 4.79 Å². The Labute approximate surface area is 156 Å². The molecule has 0 aromatic heterocycles. The number of ketones is 1. The second-order valence-electron chi connectivity index (χ2n) is 4.10. The van der Waals surface area contributed by atoms with Crippen molar-refractivity contribution in [2.75, 3.05) is 0 Å². The molecule has 2 amide bonds. The normalized spacial score (nSPS) is 11.7. The quantitative estimate of drug-likeness (QED) is 0.287. The summed E-state index contributed by atoms with van der Waals surface area (Å²) in [6.45, 7) is 1.31. The Hall–Kier alpha value is -0.873. The van der Waals surface area contributed by atoms with Gasteiger partial charge in [-0.1, -0.05) is 12.5 Å². The van der Waals surface area contributed by atoms with Gasteiger partial charge in [0.25, 0.3) is 0 Å². The molecule has 0 unspecified atom stereocenters. The van der Waals surface area contributed by atoms with E-state index in [4.69, 9.17) is 5.11 Å². The Balaban J connectivity index is -0.00000180. The van der Waals surface area contributed by atoms with Gasteiger partial charge in [0.2, 0.25) is 0 Å². The van der Waals surface area contributed by atoms with Crippen molar-refractivity contribution in [3.05, 3.63) is 0 Å². The van der Waals surface area contributed by atoms with E-state index >= 15 is 0 Å². The molecular weight excluding hydrogens is 460 g/mol. The largest absolute Gasteiger partial charge is 0.542 e. The average molecular weight is 476 g/mol. The maximum atomic E-state index is 11.5. The molecule has 0 aliphatic rings. The van der Waals surface area contributed by atoms with Gasteiger partial charge in [-0.15, -0.1) is 0 Å². The maximum Gasteiger partial charge on any atom is 0.326 e. The van der Waals surface area contributed by atoms with Gasteiger partial charge in [-0.3, -0.25) is 6.29 Å². The van der Waals surface area contributed by atoms with Crippen LogP contribution in [0.25, 0.3) is 0 Å². The fraction of sp³-hybridized carbons (Fsp3) is 0.583. The summed E-state index contributed by atoms with van der Waals surface area (Å²) in [5, 5.41) is 13.2. The van der Waals surface area contributed by atoms with E-state index in [0.29, 0.717) is 0 Å². The number of carbonyl (C=O) groups is 3. The van der Waals surface area contributed by atoms with E-state index in [-0.39, 0.29) is 73.6 Å². The molecule has 8 nitrogen and oxygen atoms in total. The molecule has 0 fully saturated rings. The molecule has 0 aliphatic carbocycles. The number of amides is 2. The van der Waals surface area contributed by atoms with E-state index in [9.17, 15) is 24.0 Å². The van der Waals surface area contributed by atoms with Crippen LogP contribution in [-0.4, -0.2) is 47.5 Å². The standard InChI is InChI=1S/C12H16N2O6.2Mo/c1-8(17)4-5-10(11(18)19)14-12(20)13-9(7-16)3-2-6-15;;/h9-10H,2-5H2,1H3,(H,18,19)(H2,13,14,20);;/q-2;;/t9-,10-;;/m0../s1. The Bertz CT molecular complexity index is 392. The van der Waals surface area contributed by atoms with Crippen LogP contribution in [-0.2, 0) is 61.3 Å². The van der Waals surface area contributed by atoms with E-state index in [1.807, 2.05) is 0 Å². The van der Waals surface area contributed by atoms with Gasteiger partial charge < -0.3 is 30.1 Å². The van der Waals surface area contributed by atoms with Crippen molar-refractivity contribution in [3.8, 4) is 0 Å². The summed E-state index contributed by atoms with van der Waals surface area (Å²) in [6.07, 6.45) is 3.04. The smallest absolute Gasteiger partial charge is 0.326 e. The monoisotopic (exact) mass is 480 g/mol. The third kappa shape index (κ3) is 12.8. The predicted molar refractivity (Wildman–Crippen MR) is 67.4 cm³/mol. The summed E-state index contributed by atoms with van der Waals surface area (Å²) in [5.74, 6) is -1.48. The number of urea groups is 1. The van der Waals surface area contributed by atoms with E-state index in [0.717, 1.165) is 0 Å². The zero-order valence-corrected chi connectivity index (χ0v) is 15.8. The second-order valence-corrected chi connectivity index (χ2v) is 4.10. The van der Waals surface area contributed by atoms with Gasteiger partial charge in [0.1, 0.15) is 11.8 Å². The van der Waals surface area contributed by atoms with Crippen LogP contribution >= 0.6 is 0 Å². The summed E-state index contributed by atoms with van der Waals surface area (Å²) in [5.41, 5.74) is 0. The number of rotatable bonds is 10. The minimum atomic E-state index is -1.28. The van der Waals surface area contributed by atoms with Crippen molar-refractivity contribution in [2.24, 2.45) is 0 Å². The zero-order valence-electron chi connectivity index (χ0n) is 11.8. The van der Waals surface area contributed by atoms with Crippen molar-refractivity contribution < 1.29 is 71.2 Å². The van der Waals surface area contributed by atoms with Gasteiger partial charge in [0.05, 0.1) is 0 Å². The van der Waals surface area contributed by atoms with Crippen LogP contribution in [0.3, 0.4) is 0 Å². The first-order valence-corrected chi connectivity index (χ1v) is 5.92. The van der Waals surface area contributed by atoms with Crippen molar-refractivity contribution in [2.45, 2.75) is 44.7 Å². The maximum absolute atomic E-state index is 11.5. The van der Waals surface area contributed by atoms with Crippen molar-refractivity contribution >= 4 is 30.4 Å². The summed E-state index contributed by atoms with van der Waals surface area (Å²) in [4.78, 5) is 53.7. The average Bonchev–Trinajstić information content (AvgIpc) is 2.38. The number of carbonyl (C=O) groups excluding carboxylic acids is 4. The summed E-state index contributed by atoms with van der Waals surface area (Å²) in [7, 11) is 0. The van der Waals surface area contributed by atoms with Gasteiger partial charge in [-0.05, 0) is 13.3 Å². The molecule has 0 radical (unpaired) electrons. The van der Waals surface area contributed by atoms with Crippen LogP contribution in [0.1, 0.15) is 32.6 Å². The summed E-state index contributed by atoms with van der Waals surface area (Å²) in [6, 6.07) is -3.12. The molecule has 0 aliphatic heterocycles. The molecule has 10 heteroatoms. The van der Waals surface area contributed by atoms with Gasteiger partial charge in [-0.2, -0.15) is 6.42 Å². The number of hydrogen-bond donors (Lipinski definition) is 3. The first-order valence-electron chi connectivity index (χ1n) is 5.92. The number of Topliss-reactive ketones (excluding diaryl/α,β-unsaturated/α-hetero) is 1. The van der Waals surface area contributed by atoms with Crippen molar-refractivity contribution in [3.63, 3.8) is 0 Å². The Kier molecular flexibility index (Phi) is 17.8. The molecule has 0 bridgehead atoms. The van der Waals surface area contributed by atoms with Crippen LogP contribution in [0.5, 0.6) is 0 Å².